The molecule has 1 aliphatic heterocycles. The Bertz CT molecular complexity index is 545. The van der Waals surface area contributed by atoms with Gasteiger partial charge in [-0.15, -0.1) is 0 Å². The van der Waals surface area contributed by atoms with Crippen molar-refractivity contribution in [1.29, 1.82) is 0 Å². The second kappa shape index (κ2) is 7.53. The van der Waals surface area contributed by atoms with Gasteiger partial charge in [-0.25, -0.2) is 0 Å². The first-order valence-electron chi connectivity index (χ1n) is 8.96. The van der Waals surface area contributed by atoms with Crippen LogP contribution in [0.25, 0.3) is 0 Å². The van der Waals surface area contributed by atoms with E-state index in [1.165, 1.54) is 25.7 Å². The normalized spacial score (nSPS) is 26.3. The van der Waals surface area contributed by atoms with Gasteiger partial charge >= 0.3 is 0 Å². The Morgan fingerprint density at radius 3 is 2.58 bits per heavy atom. The van der Waals surface area contributed by atoms with Crippen molar-refractivity contribution in [3.05, 3.63) is 30.3 Å². The molecule has 1 aliphatic carbocycles. The molecule has 132 valence electrons. The molecule has 2 aliphatic rings. The third-order valence-corrected chi connectivity index (χ3v) is 5.18. The molecular weight excluding hydrogens is 304 g/mol. The lowest BCUT2D eigenvalue weighted by Gasteiger charge is -2.35. The number of carbonyl (C=O) groups is 1. The summed E-state index contributed by atoms with van der Waals surface area (Å²) in [6.07, 6.45) is 4.90. The lowest BCUT2D eigenvalue weighted by atomic mass is 10.0. The highest BCUT2D eigenvalue weighted by Gasteiger charge is 2.39. The molecule has 5 nitrogen and oxygen atoms in total. The number of β-amino-alcohol motifs (C(OH)–C–C–N with tert-alkyl or cyclic N) is 1. The fourth-order valence-corrected chi connectivity index (χ4v) is 3.87. The lowest BCUT2D eigenvalue weighted by Crippen LogP contribution is -2.53. The molecule has 0 spiro atoms. The molecule has 2 fully saturated rings. The third-order valence-electron chi connectivity index (χ3n) is 5.18. The largest absolute Gasteiger partial charge is 0.490 e. The second-order valence-corrected chi connectivity index (χ2v) is 7.18. The van der Waals surface area contributed by atoms with Crippen molar-refractivity contribution in [3.8, 4) is 5.75 Å². The van der Waals surface area contributed by atoms with E-state index >= 15 is 0 Å². The second-order valence-electron chi connectivity index (χ2n) is 7.18. The Morgan fingerprint density at radius 1 is 1.21 bits per heavy atom. The van der Waals surface area contributed by atoms with Gasteiger partial charge in [0.05, 0.1) is 6.54 Å². The quantitative estimate of drug-likeness (QED) is 0.915. The van der Waals surface area contributed by atoms with Gasteiger partial charge in [0.1, 0.15) is 18.0 Å². The highest BCUT2D eigenvalue weighted by molar-refractivity contribution is 5.73. The molecule has 0 radical (unpaired) electrons. The molecule has 1 aromatic carbocycles. The summed E-state index contributed by atoms with van der Waals surface area (Å²) in [7, 11) is 0. The lowest BCUT2D eigenvalue weighted by molar-refractivity contribution is -0.132. The van der Waals surface area contributed by atoms with Crippen LogP contribution in [0, 0.1) is 0 Å². The van der Waals surface area contributed by atoms with E-state index < -0.39 is 5.60 Å². The van der Waals surface area contributed by atoms with Gasteiger partial charge in [-0.05, 0) is 25.0 Å². The highest BCUT2D eigenvalue weighted by Crippen LogP contribution is 2.27. The minimum Gasteiger partial charge on any atom is -0.490 e. The highest BCUT2D eigenvalue weighted by atomic mass is 16.5. The van der Waals surface area contributed by atoms with E-state index in [0.29, 0.717) is 25.7 Å². The fourth-order valence-electron chi connectivity index (χ4n) is 3.87. The summed E-state index contributed by atoms with van der Waals surface area (Å²) in [4.78, 5) is 16.0. The first-order chi connectivity index (χ1) is 11.6. The van der Waals surface area contributed by atoms with Crippen LogP contribution in [0.2, 0.25) is 0 Å². The molecule has 0 unspecified atom stereocenters. The van der Waals surface area contributed by atoms with Gasteiger partial charge in [0, 0.05) is 32.6 Å². The number of nitrogens with zero attached hydrogens (tertiary/aromatic N) is 2. The topological polar surface area (TPSA) is 53.0 Å². The Hall–Kier alpha value is -1.59. The van der Waals surface area contributed by atoms with Crippen LogP contribution in [0.15, 0.2) is 30.3 Å². The maximum atomic E-state index is 11.9. The zero-order valence-corrected chi connectivity index (χ0v) is 14.5. The average Bonchev–Trinajstić information content (AvgIpc) is 3.05. The number of rotatable bonds is 4. The Labute approximate surface area is 144 Å². The smallest absolute Gasteiger partial charge is 0.219 e. The molecule has 1 N–H and O–H groups in total. The van der Waals surface area contributed by atoms with Gasteiger partial charge in [-0.1, -0.05) is 31.0 Å². The van der Waals surface area contributed by atoms with Crippen LogP contribution in [0.4, 0.5) is 0 Å². The number of hydrogen-bond acceptors (Lipinski definition) is 4. The van der Waals surface area contributed by atoms with Crippen molar-refractivity contribution in [2.24, 2.45) is 0 Å². The minimum absolute atomic E-state index is 0.0152. The van der Waals surface area contributed by atoms with Gasteiger partial charge in [0.15, 0.2) is 0 Å². The van der Waals surface area contributed by atoms with E-state index in [4.69, 9.17) is 4.74 Å². The Balaban J connectivity index is 1.71. The van der Waals surface area contributed by atoms with Crippen molar-refractivity contribution < 1.29 is 14.6 Å². The van der Waals surface area contributed by atoms with Crippen LogP contribution < -0.4 is 4.74 Å². The molecule has 5 heteroatoms. The Kier molecular flexibility index (Phi) is 5.41. The van der Waals surface area contributed by atoms with Gasteiger partial charge < -0.3 is 14.7 Å². The van der Waals surface area contributed by atoms with Crippen LogP contribution >= 0.6 is 0 Å². The number of carbonyl (C=O) groups excluding carboxylic acids is 1. The molecule has 1 aromatic rings. The van der Waals surface area contributed by atoms with Gasteiger partial charge in [0.25, 0.3) is 0 Å². The van der Waals surface area contributed by atoms with E-state index in [2.05, 4.69) is 4.90 Å². The van der Waals surface area contributed by atoms with Crippen LogP contribution in [-0.4, -0.2) is 65.2 Å². The first-order valence-corrected chi connectivity index (χ1v) is 8.96. The summed E-state index contributed by atoms with van der Waals surface area (Å²) in [5, 5.41) is 11.2. The van der Waals surface area contributed by atoms with Gasteiger partial charge in [-0.2, -0.15) is 0 Å². The maximum Gasteiger partial charge on any atom is 0.219 e. The molecule has 1 heterocycles. The summed E-state index contributed by atoms with van der Waals surface area (Å²) >= 11 is 0. The molecule has 1 saturated heterocycles. The van der Waals surface area contributed by atoms with E-state index in [1.54, 1.807) is 11.8 Å². The van der Waals surface area contributed by atoms with E-state index in [-0.39, 0.29) is 12.5 Å². The predicted molar refractivity (Wildman–Crippen MR) is 93.0 cm³/mol. The maximum absolute atomic E-state index is 11.9. The average molecular weight is 332 g/mol. The molecular formula is C19H28N2O3. The van der Waals surface area contributed by atoms with Crippen LogP contribution in [0.5, 0.6) is 5.75 Å². The van der Waals surface area contributed by atoms with Crippen molar-refractivity contribution in [3.63, 3.8) is 0 Å². The van der Waals surface area contributed by atoms with Crippen LogP contribution in [0.1, 0.15) is 32.6 Å². The Morgan fingerprint density at radius 2 is 1.92 bits per heavy atom. The van der Waals surface area contributed by atoms with Crippen molar-refractivity contribution in [2.45, 2.75) is 44.2 Å². The molecule has 1 saturated carbocycles. The third kappa shape index (κ3) is 4.28. The number of hydrogen-bond donors (Lipinski definition) is 1. The van der Waals surface area contributed by atoms with Gasteiger partial charge in [-0.3, -0.25) is 9.69 Å². The van der Waals surface area contributed by atoms with Gasteiger partial charge in [0.2, 0.25) is 5.91 Å². The first kappa shape index (κ1) is 17.2. The molecule has 3 rings (SSSR count). The zero-order chi connectivity index (χ0) is 17.0. The standard InChI is InChI=1S/C19H28N2O3/c1-16(22)20-11-12-21(17-7-5-6-8-17)14-19(23,13-20)15-24-18-9-3-2-4-10-18/h2-4,9-10,17,23H,5-8,11-15H2,1H3/t19-/m1/s1. The summed E-state index contributed by atoms with van der Waals surface area (Å²) in [5.74, 6) is 0.762. The van der Waals surface area contributed by atoms with Crippen molar-refractivity contribution in [2.75, 3.05) is 32.8 Å². The monoisotopic (exact) mass is 332 g/mol. The minimum atomic E-state index is -1.04. The number of aliphatic hydroxyl groups is 1. The summed E-state index contributed by atoms with van der Waals surface area (Å²) in [5.41, 5.74) is -1.04. The number of amides is 1. The van der Waals surface area contributed by atoms with Crippen molar-refractivity contribution in [1.82, 2.24) is 9.80 Å². The van der Waals surface area contributed by atoms with E-state index in [1.807, 2.05) is 30.3 Å². The number of benzene rings is 1. The number of para-hydroxylation sites is 1. The summed E-state index contributed by atoms with van der Waals surface area (Å²) < 4.78 is 5.83. The molecule has 1 atom stereocenters. The molecule has 1 amide bonds. The zero-order valence-electron chi connectivity index (χ0n) is 14.5. The molecule has 24 heavy (non-hydrogen) atoms. The number of ether oxygens (including phenoxy) is 1. The predicted octanol–water partition coefficient (Wildman–Crippen LogP) is 1.90. The molecule has 0 bridgehead atoms. The fraction of sp³-hybridized carbons (Fsp3) is 0.632. The molecule has 0 aromatic heterocycles. The van der Waals surface area contributed by atoms with E-state index in [0.717, 1.165) is 12.3 Å². The van der Waals surface area contributed by atoms with Crippen molar-refractivity contribution >= 4 is 5.91 Å². The van der Waals surface area contributed by atoms with E-state index in [9.17, 15) is 9.90 Å². The summed E-state index contributed by atoms with van der Waals surface area (Å²) in [6, 6.07) is 10.1. The van der Waals surface area contributed by atoms with Crippen LogP contribution in [-0.2, 0) is 4.79 Å². The summed E-state index contributed by atoms with van der Waals surface area (Å²) in [6.45, 7) is 4.18. The SMILES string of the molecule is CC(=O)N1CCN(C2CCCC2)C[C@@](O)(COc2ccccc2)C1. The van der Waals surface area contributed by atoms with Crippen LogP contribution in [0.3, 0.4) is 0 Å².